The van der Waals surface area contributed by atoms with Crippen molar-refractivity contribution in [3.05, 3.63) is 26.6 Å². The van der Waals surface area contributed by atoms with Crippen molar-refractivity contribution in [1.29, 1.82) is 0 Å². The van der Waals surface area contributed by atoms with E-state index in [1.807, 2.05) is 6.07 Å². The van der Waals surface area contributed by atoms with Crippen molar-refractivity contribution in [3.63, 3.8) is 0 Å². The van der Waals surface area contributed by atoms with Crippen molar-refractivity contribution in [2.45, 2.75) is 25.8 Å². The van der Waals surface area contributed by atoms with E-state index in [1.165, 1.54) is 5.56 Å². The van der Waals surface area contributed by atoms with Gasteiger partial charge in [0.2, 0.25) is 0 Å². The summed E-state index contributed by atoms with van der Waals surface area (Å²) in [7, 11) is 0. The molecule has 1 N–H and O–H groups in total. The van der Waals surface area contributed by atoms with E-state index in [0.29, 0.717) is 6.04 Å². The minimum atomic E-state index is 0.399. The fraction of sp³-hybridized carbons (Fsp3) is 0.500. The first kappa shape index (κ1) is 12.4. The van der Waals surface area contributed by atoms with Crippen LogP contribution >= 0.6 is 31.9 Å². The van der Waals surface area contributed by atoms with Crippen molar-refractivity contribution in [1.82, 2.24) is 5.32 Å². The molecule has 16 heavy (non-hydrogen) atoms. The van der Waals surface area contributed by atoms with E-state index in [9.17, 15) is 0 Å². The second-order valence-electron chi connectivity index (χ2n) is 3.91. The Bertz CT molecular complexity index is 382. The Morgan fingerprint density at radius 3 is 3.00 bits per heavy atom. The summed E-state index contributed by atoms with van der Waals surface area (Å²) in [5, 5.41) is 3.51. The van der Waals surface area contributed by atoms with Crippen LogP contribution in [0.25, 0.3) is 0 Å². The van der Waals surface area contributed by atoms with Gasteiger partial charge >= 0.3 is 0 Å². The van der Waals surface area contributed by atoms with Gasteiger partial charge in [-0.05, 0) is 47.4 Å². The van der Waals surface area contributed by atoms with Gasteiger partial charge in [0.05, 0.1) is 11.1 Å². The quantitative estimate of drug-likeness (QED) is 0.871. The van der Waals surface area contributed by atoms with Gasteiger partial charge in [0.25, 0.3) is 0 Å². The molecule has 1 unspecified atom stereocenters. The van der Waals surface area contributed by atoms with Gasteiger partial charge in [-0.3, -0.25) is 0 Å². The number of halogens is 2. The molecule has 1 heterocycles. The van der Waals surface area contributed by atoms with Gasteiger partial charge in [-0.2, -0.15) is 0 Å². The molecule has 0 aliphatic carbocycles. The number of benzene rings is 1. The predicted molar refractivity (Wildman–Crippen MR) is 73.0 cm³/mol. The number of hydrogen-bond acceptors (Lipinski definition) is 2. The Morgan fingerprint density at radius 2 is 2.25 bits per heavy atom. The summed E-state index contributed by atoms with van der Waals surface area (Å²) >= 11 is 7.10. The van der Waals surface area contributed by atoms with E-state index in [-0.39, 0.29) is 0 Å². The van der Waals surface area contributed by atoms with E-state index >= 15 is 0 Å². The van der Waals surface area contributed by atoms with Crippen LogP contribution in [0, 0.1) is 0 Å². The molecule has 0 aromatic heterocycles. The van der Waals surface area contributed by atoms with E-state index in [4.69, 9.17) is 4.74 Å². The van der Waals surface area contributed by atoms with Gasteiger partial charge < -0.3 is 10.1 Å². The molecule has 2 rings (SSSR count). The van der Waals surface area contributed by atoms with Crippen LogP contribution in [0.3, 0.4) is 0 Å². The van der Waals surface area contributed by atoms with Crippen LogP contribution in [0.2, 0.25) is 0 Å². The zero-order valence-electron chi connectivity index (χ0n) is 9.22. The van der Waals surface area contributed by atoms with E-state index in [2.05, 4.69) is 50.2 Å². The summed E-state index contributed by atoms with van der Waals surface area (Å²) in [4.78, 5) is 0. The molecule has 0 saturated carbocycles. The number of ether oxygens (including phenoxy) is 1. The lowest BCUT2D eigenvalue weighted by molar-refractivity contribution is 0.313. The summed E-state index contributed by atoms with van der Waals surface area (Å²) in [6.45, 7) is 3.92. The molecule has 1 atom stereocenters. The molecule has 2 nitrogen and oxygen atoms in total. The SMILES string of the molecule is CCNC1CCCOc2c(Br)cc(Br)cc21. The van der Waals surface area contributed by atoms with E-state index < -0.39 is 0 Å². The third-order valence-electron chi connectivity index (χ3n) is 2.75. The van der Waals surface area contributed by atoms with Crippen LogP contribution in [0.5, 0.6) is 5.75 Å². The van der Waals surface area contributed by atoms with Crippen molar-refractivity contribution in [2.75, 3.05) is 13.2 Å². The molecule has 0 radical (unpaired) electrons. The largest absolute Gasteiger partial charge is 0.492 e. The average Bonchev–Trinajstić information content (AvgIpc) is 2.42. The standard InChI is InChI=1S/C12H15Br2NO/c1-2-15-11-4-3-5-16-12-9(11)6-8(13)7-10(12)14/h6-7,11,15H,2-5H2,1H3. The molecule has 0 spiro atoms. The van der Waals surface area contributed by atoms with Crippen molar-refractivity contribution < 1.29 is 4.74 Å². The van der Waals surface area contributed by atoms with Crippen LogP contribution in [0.4, 0.5) is 0 Å². The second kappa shape index (κ2) is 5.52. The van der Waals surface area contributed by atoms with Gasteiger partial charge in [0, 0.05) is 16.1 Å². The first-order chi connectivity index (χ1) is 7.72. The molecule has 0 fully saturated rings. The lowest BCUT2D eigenvalue weighted by Crippen LogP contribution is -2.20. The molecule has 0 bridgehead atoms. The number of fused-ring (bicyclic) bond motifs is 1. The highest BCUT2D eigenvalue weighted by molar-refractivity contribution is 9.11. The summed E-state index contributed by atoms with van der Waals surface area (Å²) in [5.41, 5.74) is 1.25. The third kappa shape index (κ3) is 2.60. The van der Waals surface area contributed by atoms with Gasteiger partial charge in [-0.15, -0.1) is 0 Å². The van der Waals surface area contributed by atoms with Crippen LogP contribution in [0.1, 0.15) is 31.4 Å². The number of hydrogen-bond donors (Lipinski definition) is 1. The fourth-order valence-electron chi connectivity index (χ4n) is 2.07. The van der Waals surface area contributed by atoms with Crippen molar-refractivity contribution >= 4 is 31.9 Å². The summed E-state index contributed by atoms with van der Waals surface area (Å²) in [5.74, 6) is 0.992. The first-order valence-corrected chi connectivity index (χ1v) is 7.16. The maximum absolute atomic E-state index is 5.80. The Kier molecular flexibility index (Phi) is 4.27. The topological polar surface area (TPSA) is 21.3 Å². The minimum Gasteiger partial charge on any atom is -0.492 e. The van der Waals surface area contributed by atoms with Gasteiger partial charge in [-0.1, -0.05) is 22.9 Å². The minimum absolute atomic E-state index is 0.399. The molecular weight excluding hydrogens is 334 g/mol. The monoisotopic (exact) mass is 347 g/mol. The Balaban J connectivity index is 2.43. The zero-order chi connectivity index (χ0) is 11.5. The van der Waals surface area contributed by atoms with Crippen LogP contribution in [0.15, 0.2) is 21.1 Å². The van der Waals surface area contributed by atoms with Gasteiger partial charge in [0.1, 0.15) is 5.75 Å². The molecular formula is C12H15Br2NO. The maximum Gasteiger partial charge on any atom is 0.138 e. The third-order valence-corrected chi connectivity index (χ3v) is 3.79. The Morgan fingerprint density at radius 1 is 1.44 bits per heavy atom. The Labute approximate surface area is 113 Å². The average molecular weight is 349 g/mol. The summed E-state index contributed by atoms with van der Waals surface area (Å²) in [6, 6.07) is 4.59. The summed E-state index contributed by atoms with van der Waals surface area (Å²) < 4.78 is 7.92. The smallest absolute Gasteiger partial charge is 0.138 e. The fourth-order valence-corrected chi connectivity index (χ4v) is 3.44. The lowest BCUT2D eigenvalue weighted by atomic mass is 10.0. The van der Waals surface area contributed by atoms with Gasteiger partial charge in [0.15, 0.2) is 0 Å². The lowest BCUT2D eigenvalue weighted by Gasteiger charge is -2.18. The summed E-state index contributed by atoms with van der Waals surface area (Å²) in [6.07, 6.45) is 2.22. The van der Waals surface area contributed by atoms with Crippen LogP contribution < -0.4 is 10.1 Å². The Hall–Kier alpha value is -0.0600. The van der Waals surface area contributed by atoms with Gasteiger partial charge in [-0.25, -0.2) is 0 Å². The van der Waals surface area contributed by atoms with E-state index in [1.54, 1.807) is 0 Å². The molecule has 4 heteroatoms. The highest BCUT2D eigenvalue weighted by Crippen LogP contribution is 2.39. The molecule has 1 aliphatic rings. The van der Waals surface area contributed by atoms with Crippen LogP contribution in [-0.4, -0.2) is 13.2 Å². The number of rotatable bonds is 2. The highest BCUT2D eigenvalue weighted by Gasteiger charge is 2.21. The molecule has 88 valence electrons. The first-order valence-electron chi connectivity index (χ1n) is 5.57. The van der Waals surface area contributed by atoms with Crippen molar-refractivity contribution in [3.8, 4) is 5.75 Å². The molecule has 0 amide bonds. The molecule has 1 aliphatic heterocycles. The highest BCUT2D eigenvalue weighted by atomic mass is 79.9. The zero-order valence-corrected chi connectivity index (χ0v) is 12.4. The normalized spacial score (nSPS) is 19.8. The van der Waals surface area contributed by atoms with Crippen LogP contribution in [-0.2, 0) is 0 Å². The maximum atomic E-state index is 5.80. The van der Waals surface area contributed by atoms with Crippen molar-refractivity contribution in [2.24, 2.45) is 0 Å². The predicted octanol–water partition coefficient (Wildman–Crippen LogP) is 4.03. The molecule has 0 saturated heterocycles. The van der Waals surface area contributed by atoms with E-state index in [0.717, 1.165) is 40.7 Å². The second-order valence-corrected chi connectivity index (χ2v) is 5.68. The molecule has 1 aromatic carbocycles. The molecule has 1 aromatic rings. The number of nitrogens with one attached hydrogen (secondary N) is 1.